The number of aromatic nitrogens is 3. The smallest absolute Gasteiger partial charge is 0.338 e. The summed E-state index contributed by atoms with van der Waals surface area (Å²) in [5.41, 5.74) is 2.17. The summed E-state index contributed by atoms with van der Waals surface area (Å²) in [6.07, 6.45) is 0. The molecule has 1 atom stereocenters. The van der Waals surface area contributed by atoms with Gasteiger partial charge in [-0.3, -0.25) is 10.1 Å². The zero-order valence-corrected chi connectivity index (χ0v) is 16.4. The van der Waals surface area contributed by atoms with Gasteiger partial charge >= 0.3 is 5.97 Å². The van der Waals surface area contributed by atoms with Crippen LogP contribution in [0.4, 0.5) is 11.6 Å². The third-order valence-electron chi connectivity index (χ3n) is 4.78. The fourth-order valence-electron chi connectivity index (χ4n) is 3.45. The number of carbonyl (C=O) groups excluding carboxylic acids is 1. The molecule has 2 aromatic carbocycles. The molecule has 9 heteroatoms. The second-order valence-electron chi connectivity index (χ2n) is 6.71. The number of ether oxygens (including phenoxy) is 1. The van der Waals surface area contributed by atoms with Gasteiger partial charge in [0, 0.05) is 23.4 Å². The van der Waals surface area contributed by atoms with Gasteiger partial charge in [-0.25, -0.2) is 9.48 Å². The lowest BCUT2D eigenvalue weighted by Gasteiger charge is -2.28. The minimum absolute atomic E-state index is 0.0724. The first-order chi connectivity index (χ1) is 14.5. The van der Waals surface area contributed by atoms with Crippen LogP contribution in [-0.2, 0) is 9.53 Å². The summed E-state index contributed by atoms with van der Waals surface area (Å²) in [7, 11) is 0. The highest BCUT2D eigenvalue weighted by molar-refractivity contribution is 5.92. The van der Waals surface area contributed by atoms with E-state index >= 15 is 0 Å². The number of benzene rings is 2. The van der Waals surface area contributed by atoms with Gasteiger partial charge in [-0.1, -0.05) is 42.5 Å². The predicted molar refractivity (Wildman–Crippen MR) is 110 cm³/mol. The van der Waals surface area contributed by atoms with Crippen molar-refractivity contribution in [1.29, 1.82) is 0 Å². The summed E-state index contributed by atoms with van der Waals surface area (Å²) in [4.78, 5) is 28.2. The maximum absolute atomic E-state index is 12.8. The highest BCUT2D eigenvalue weighted by Gasteiger charge is 2.35. The molecule has 0 bridgehead atoms. The molecule has 3 aromatic rings. The first-order valence-corrected chi connectivity index (χ1v) is 9.40. The van der Waals surface area contributed by atoms with Crippen LogP contribution >= 0.6 is 0 Å². The first-order valence-electron chi connectivity index (χ1n) is 9.40. The average Bonchev–Trinajstić information content (AvgIpc) is 3.17. The quantitative estimate of drug-likeness (QED) is 0.391. The van der Waals surface area contributed by atoms with Crippen LogP contribution in [0.2, 0.25) is 0 Å². The van der Waals surface area contributed by atoms with E-state index in [4.69, 9.17) is 4.74 Å². The van der Waals surface area contributed by atoms with Crippen LogP contribution in [0.1, 0.15) is 25.5 Å². The maximum atomic E-state index is 12.8. The molecule has 1 N–H and O–H groups in total. The van der Waals surface area contributed by atoms with Crippen molar-refractivity contribution in [3.63, 3.8) is 0 Å². The van der Waals surface area contributed by atoms with Crippen molar-refractivity contribution in [1.82, 2.24) is 14.8 Å². The number of nitrogens with zero attached hydrogens (tertiary/aromatic N) is 4. The lowest BCUT2D eigenvalue weighted by molar-refractivity contribution is -0.384. The van der Waals surface area contributed by atoms with Gasteiger partial charge in [0.2, 0.25) is 5.95 Å². The molecule has 1 aromatic heterocycles. The zero-order valence-electron chi connectivity index (χ0n) is 16.4. The standard InChI is InChI=1S/C21H19N5O4/c1-3-30-20(27)17-13(2)22-21-23-19(14-8-5-4-6-9-14)24-25(21)18(17)15-10-7-11-16(12-15)26(28)29/h4-12,18H,3H2,1-2H3,(H,22,23,24)/t18-/m0/s1. The van der Waals surface area contributed by atoms with Crippen LogP contribution in [-0.4, -0.2) is 32.3 Å². The van der Waals surface area contributed by atoms with E-state index in [1.54, 1.807) is 30.7 Å². The van der Waals surface area contributed by atoms with E-state index < -0.39 is 16.9 Å². The molecule has 9 nitrogen and oxygen atoms in total. The Labute approximate surface area is 172 Å². The van der Waals surface area contributed by atoms with Crippen LogP contribution in [0.15, 0.2) is 65.9 Å². The number of hydrogen-bond donors (Lipinski definition) is 1. The molecule has 1 aliphatic heterocycles. The predicted octanol–water partition coefficient (Wildman–Crippen LogP) is 3.71. The number of nitro benzene ring substituents is 1. The van der Waals surface area contributed by atoms with Crippen molar-refractivity contribution in [3.05, 3.63) is 81.5 Å². The van der Waals surface area contributed by atoms with Crippen molar-refractivity contribution >= 4 is 17.6 Å². The van der Waals surface area contributed by atoms with Crippen LogP contribution in [0.3, 0.4) is 0 Å². The number of nitrogens with one attached hydrogen (secondary N) is 1. The summed E-state index contributed by atoms with van der Waals surface area (Å²) < 4.78 is 6.83. The molecular formula is C21H19N5O4. The van der Waals surface area contributed by atoms with Crippen LogP contribution in [0, 0.1) is 10.1 Å². The number of rotatable bonds is 5. The summed E-state index contributed by atoms with van der Waals surface area (Å²) in [6.45, 7) is 3.68. The third kappa shape index (κ3) is 3.41. The minimum atomic E-state index is -0.717. The number of anilines is 1. The molecule has 152 valence electrons. The normalized spacial score (nSPS) is 15.3. The lowest BCUT2D eigenvalue weighted by atomic mass is 9.95. The fourth-order valence-corrected chi connectivity index (χ4v) is 3.45. The molecule has 4 rings (SSSR count). The van der Waals surface area contributed by atoms with E-state index in [1.807, 2.05) is 30.3 Å². The highest BCUT2D eigenvalue weighted by atomic mass is 16.6. The Hall–Kier alpha value is -4.01. The molecule has 0 fully saturated rings. The van der Waals surface area contributed by atoms with E-state index in [1.165, 1.54) is 12.1 Å². The van der Waals surface area contributed by atoms with Crippen LogP contribution in [0.5, 0.6) is 0 Å². The zero-order chi connectivity index (χ0) is 21.3. The van der Waals surface area contributed by atoms with E-state index in [2.05, 4.69) is 15.4 Å². The Morgan fingerprint density at radius 2 is 2.00 bits per heavy atom. The highest BCUT2D eigenvalue weighted by Crippen LogP contribution is 2.37. The van der Waals surface area contributed by atoms with Crippen molar-refractivity contribution in [2.45, 2.75) is 19.9 Å². The van der Waals surface area contributed by atoms with E-state index in [0.29, 0.717) is 28.6 Å². The average molecular weight is 405 g/mol. The van der Waals surface area contributed by atoms with Gasteiger partial charge < -0.3 is 10.1 Å². The first kappa shape index (κ1) is 19.3. The Kier molecular flexibility index (Phi) is 5.01. The molecule has 0 amide bonds. The molecule has 2 heterocycles. The number of carbonyl (C=O) groups is 1. The van der Waals surface area contributed by atoms with E-state index in [-0.39, 0.29) is 12.3 Å². The Balaban J connectivity index is 1.89. The van der Waals surface area contributed by atoms with E-state index in [0.717, 1.165) is 5.56 Å². The molecule has 0 aliphatic carbocycles. The lowest BCUT2D eigenvalue weighted by Crippen LogP contribution is -2.29. The minimum Gasteiger partial charge on any atom is -0.463 e. The molecule has 0 radical (unpaired) electrons. The van der Waals surface area contributed by atoms with Gasteiger partial charge in [0.1, 0.15) is 6.04 Å². The summed E-state index contributed by atoms with van der Waals surface area (Å²) in [5, 5.41) is 19.0. The summed E-state index contributed by atoms with van der Waals surface area (Å²) >= 11 is 0. The van der Waals surface area contributed by atoms with Gasteiger partial charge in [0.15, 0.2) is 5.82 Å². The molecule has 0 saturated carbocycles. The van der Waals surface area contributed by atoms with Crippen LogP contribution in [0.25, 0.3) is 11.4 Å². The second kappa shape index (κ2) is 7.78. The number of non-ortho nitro benzene ring substituents is 1. The molecule has 0 saturated heterocycles. The number of allylic oxidation sites excluding steroid dienone is 1. The van der Waals surface area contributed by atoms with Crippen molar-refractivity contribution < 1.29 is 14.5 Å². The topological polar surface area (TPSA) is 112 Å². The Bertz CT molecular complexity index is 1150. The van der Waals surface area contributed by atoms with Gasteiger partial charge in [0.25, 0.3) is 5.69 Å². The van der Waals surface area contributed by atoms with Crippen molar-refractivity contribution in [2.24, 2.45) is 0 Å². The number of esters is 1. The Morgan fingerprint density at radius 1 is 1.23 bits per heavy atom. The number of hydrogen-bond acceptors (Lipinski definition) is 7. The number of fused-ring (bicyclic) bond motifs is 1. The summed E-state index contributed by atoms with van der Waals surface area (Å²) in [6, 6.07) is 14.9. The molecule has 0 unspecified atom stereocenters. The van der Waals surface area contributed by atoms with Gasteiger partial charge in [-0.15, -0.1) is 5.10 Å². The maximum Gasteiger partial charge on any atom is 0.338 e. The third-order valence-corrected chi connectivity index (χ3v) is 4.78. The largest absolute Gasteiger partial charge is 0.463 e. The molecule has 0 spiro atoms. The van der Waals surface area contributed by atoms with Gasteiger partial charge in [-0.05, 0) is 19.4 Å². The van der Waals surface area contributed by atoms with E-state index in [9.17, 15) is 14.9 Å². The number of nitro groups is 1. The Morgan fingerprint density at radius 3 is 2.70 bits per heavy atom. The van der Waals surface area contributed by atoms with Crippen molar-refractivity contribution in [3.8, 4) is 11.4 Å². The van der Waals surface area contributed by atoms with Gasteiger partial charge in [-0.2, -0.15) is 4.98 Å². The van der Waals surface area contributed by atoms with Crippen LogP contribution < -0.4 is 5.32 Å². The monoisotopic (exact) mass is 405 g/mol. The SMILES string of the molecule is CCOC(=O)C1=C(C)Nc2nc(-c3ccccc3)nn2[C@H]1c1cccc([N+](=O)[O-])c1. The fraction of sp³-hybridized carbons (Fsp3) is 0.190. The van der Waals surface area contributed by atoms with Crippen molar-refractivity contribution in [2.75, 3.05) is 11.9 Å². The molecular weight excluding hydrogens is 386 g/mol. The molecule has 1 aliphatic rings. The molecule has 30 heavy (non-hydrogen) atoms. The van der Waals surface area contributed by atoms with Gasteiger partial charge in [0.05, 0.1) is 17.1 Å². The second-order valence-corrected chi connectivity index (χ2v) is 6.71. The summed E-state index contributed by atoms with van der Waals surface area (Å²) in [5.74, 6) is 0.406.